The molecule has 4 nitrogen and oxygen atoms in total. The molecule has 0 spiro atoms. The number of nitrogens with zero attached hydrogens (tertiary/aromatic N) is 1. The lowest BCUT2D eigenvalue weighted by Crippen LogP contribution is -2.36. The lowest BCUT2D eigenvalue weighted by Gasteiger charge is -2.28. The van der Waals surface area contributed by atoms with E-state index in [1.807, 2.05) is 42.5 Å². The van der Waals surface area contributed by atoms with Crippen LogP contribution in [0.2, 0.25) is 0 Å². The third-order valence-corrected chi connectivity index (χ3v) is 4.63. The summed E-state index contributed by atoms with van der Waals surface area (Å²) in [7, 11) is 1.62. The number of carbonyl (C=O) groups is 1. The molecule has 1 aliphatic rings. The maximum Gasteiger partial charge on any atom is 0.185 e. The van der Waals surface area contributed by atoms with Gasteiger partial charge < -0.3 is 14.4 Å². The van der Waals surface area contributed by atoms with E-state index in [0.29, 0.717) is 5.56 Å². The van der Waals surface area contributed by atoms with Crippen LogP contribution in [-0.4, -0.2) is 39.2 Å². The van der Waals surface area contributed by atoms with Crippen molar-refractivity contribution in [2.45, 2.75) is 0 Å². The van der Waals surface area contributed by atoms with Crippen molar-refractivity contribution < 1.29 is 14.3 Å². The number of ether oxygens (including phenoxy) is 2. The van der Waals surface area contributed by atoms with Crippen molar-refractivity contribution in [3.63, 3.8) is 0 Å². The molecule has 1 aliphatic heterocycles. The number of hydrogen-bond donors (Lipinski definition) is 0. The number of carbonyl (C=O) groups excluding carboxylic acids is 1. The first-order valence-corrected chi connectivity index (χ1v) is 8.95. The average molecular weight is 402 g/mol. The molecule has 0 saturated carbocycles. The van der Waals surface area contributed by atoms with E-state index in [1.165, 1.54) is 0 Å². The number of ketones is 1. The number of benzene rings is 2. The van der Waals surface area contributed by atoms with Gasteiger partial charge >= 0.3 is 0 Å². The number of methoxy groups -OCH3 is 1. The van der Waals surface area contributed by atoms with Crippen molar-refractivity contribution in [3.8, 4) is 5.75 Å². The normalized spacial score (nSPS) is 14.7. The molecular formula is C20H20BrNO3. The fourth-order valence-electron chi connectivity index (χ4n) is 2.76. The molecule has 0 atom stereocenters. The van der Waals surface area contributed by atoms with Crippen LogP contribution in [0.25, 0.3) is 6.08 Å². The Labute approximate surface area is 156 Å². The van der Waals surface area contributed by atoms with Crippen molar-refractivity contribution in [1.29, 1.82) is 0 Å². The van der Waals surface area contributed by atoms with Crippen LogP contribution in [0.3, 0.4) is 0 Å². The van der Waals surface area contributed by atoms with Crippen LogP contribution in [0.1, 0.15) is 15.9 Å². The van der Waals surface area contributed by atoms with Gasteiger partial charge in [-0.1, -0.05) is 15.9 Å². The number of rotatable bonds is 5. The van der Waals surface area contributed by atoms with Gasteiger partial charge in [0.1, 0.15) is 5.75 Å². The van der Waals surface area contributed by atoms with Crippen LogP contribution in [0.5, 0.6) is 5.75 Å². The average Bonchev–Trinajstić information content (AvgIpc) is 2.67. The highest BCUT2D eigenvalue weighted by atomic mass is 79.9. The topological polar surface area (TPSA) is 38.8 Å². The zero-order valence-corrected chi connectivity index (χ0v) is 15.7. The second kappa shape index (κ2) is 8.32. The molecule has 25 heavy (non-hydrogen) atoms. The molecule has 2 aromatic rings. The summed E-state index contributed by atoms with van der Waals surface area (Å²) in [6.45, 7) is 3.27. The lowest BCUT2D eigenvalue weighted by atomic mass is 10.1. The van der Waals surface area contributed by atoms with Crippen molar-refractivity contribution in [3.05, 3.63) is 64.1 Å². The van der Waals surface area contributed by atoms with Gasteiger partial charge in [-0.25, -0.2) is 0 Å². The lowest BCUT2D eigenvalue weighted by molar-refractivity contribution is 0.104. The van der Waals surface area contributed by atoms with E-state index in [9.17, 15) is 4.79 Å². The second-order valence-electron chi connectivity index (χ2n) is 5.73. The van der Waals surface area contributed by atoms with Gasteiger partial charge in [-0.05, 0) is 54.6 Å². The van der Waals surface area contributed by atoms with Crippen molar-refractivity contribution >= 4 is 33.5 Å². The molecule has 3 rings (SSSR count). The van der Waals surface area contributed by atoms with Crippen LogP contribution in [0, 0.1) is 0 Å². The van der Waals surface area contributed by atoms with Gasteiger partial charge in [0.25, 0.3) is 0 Å². The van der Waals surface area contributed by atoms with Gasteiger partial charge in [-0.3, -0.25) is 4.79 Å². The number of hydrogen-bond acceptors (Lipinski definition) is 4. The summed E-state index contributed by atoms with van der Waals surface area (Å²) in [5, 5.41) is 0. The van der Waals surface area contributed by atoms with E-state index in [-0.39, 0.29) is 5.78 Å². The van der Waals surface area contributed by atoms with Gasteiger partial charge in [0, 0.05) is 34.4 Å². The third-order valence-electron chi connectivity index (χ3n) is 4.13. The summed E-state index contributed by atoms with van der Waals surface area (Å²) in [6.07, 6.45) is 3.36. The second-order valence-corrected chi connectivity index (χ2v) is 6.65. The van der Waals surface area contributed by atoms with E-state index in [4.69, 9.17) is 9.47 Å². The van der Waals surface area contributed by atoms with Gasteiger partial charge in [0.15, 0.2) is 5.78 Å². The first kappa shape index (κ1) is 17.7. The molecule has 1 fully saturated rings. The van der Waals surface area contributed by atoms with E-state index in [1.54, 1.807) is 19.3 Å². The van der Waals surface area contributed by atoms with E-state index >= 15 is 0 Å². The van der Waals surface area contributed by atoms with E-state index in [0.717, 1.165) is 47.8 Å². The van der Waals surface area contributed by atoms with Crippen molar-refractivity contribution in [2.24, 2.45) is 0 Å². The highest BCUT2D eigenvalue weighted by Crippen LogP contribution is 2.24. The molecule has 0 unspecified atom stereocenters. The highest BCUT2D eigenvalue weighted by molar-refractivity contribution is 9.10. The maximum atomic E-state index is 12.4. The Morgan fingerprint density at radius 2 is 1.88 bits per heavy atom. The van der Waals surface area contributed by atoms with Crippen LogP contribution >= 0.6 is 15.9 Å². The van der Waals surface area contributed by atoms with E-state index < -0.39 is 0 Å². The minimum atomic E-state index is -0.0319. The molecule has 130 valence electrons. The molecule has 0 aliphatic carbocycles. The summed E-state index contributed by atoms with van der Waals surface area (Å²) >= 11 is 3.44. The summed E-state index contributed by atoms with van der Waals surface area (Å²) in [5.41, 5.74) is 2.65. The van der Waals surface area contributed by atoms with Crippen molar-refractivity contribution in [1.82, 2.24) is 0 Å². The summed E-state index contributed by atoms with van der Waals surface area (Å²) in [5.74, 6) is 0.700. The van der Waals surface area contributed by atoms with Gasteiger partial charge in [0.05, 0.1) is 20.3 Å². The Morgan fingerprint density at radius 1 is 1.16 bits per heavy atom. The Hall–Kier alpha value is -2.11. The van der Waals surface area contributed by atoms with Gasteiger partial charge in [0.2, 0.25) is 0 Å². The minimum Gasteiger partial charge on any atom is -0.496 e. The fourth-order valence-corrected chi connectivity index (χ4v) is 3.13. The number of halogens is 1. The van der Waals surface area contributed by atoms with Crippen molar-refractivity contribution in [2.75, 3.05) is 38.3 Å². The van der Waals surface area contributed by atoms with Gasteiger partial charge in [-0.2, -0.15) is 0 Å². The number of morpholine rings is 1. The summed E-state index contributed by atoms with van der Waals surface area (Å²) < 4.78 is 11.6. The zero-order chi connectivity index (χ0) is 17.6. The van der Waals surface area contributed by atoms with Crippen LogP contribution in [0.15, 0.2) is 53.0 Å². The predicted molar refractivity (Wildman–Crippen MR) is 104 cm³/mol. The molecule has 0 amide bonds. The van der Waals surface area contributed by atoms with Gasteiger partial charge in [-0.15, -0.1) is 0 Å². The standard InChI is InChI=1S/C20H20BrNO3/c1-24-20-9-5-17(21)14-16(20)4-8-19(23)15-2-6-18(7-3-15)22-10-12-25-13-11-22/h2-9,14H,10-13H2,1H3. The predicted octanol–water partition coefficient (Wildman–Crippen LogP) is 4.19. The molecule has 2 aromatic carbocycles. The molecule has 0 radical (unpaired) electrons. The summed E-state index contributed by atoms with van der Waals surface area (Å²) in [6, 6.07) is 13.4. The SMILES string of the molecule is COc1ccc(Br)cc1C=CC(=O)c1ccc(N2CCOCC2)cc1. The Balaban J connectivity index is 1.72. The minimum absolute atomic E-state index is 0.0319. The first-order chi connectivity index (χ1) is 12.2. The summed E-state index contributed by atoms with van der Waals surface area (Å²) in [4.78, 5) is 14.7. The molecule has 5 heteroatoms. The van der Waals surface area contributed by atoms with E-state index in [2.05, 4.69) is 20.8 Å². The third kappa shape index (κ3) is 4.50. The van der Waals surface area contributed by atoms with Crippen LogP contribution in [0.4, 0.5) is 5.69 Å². The molecule has 0 aromatic heterocycles. The number of allylic oxidation sites excluding steroid dienone is 1. The molecule has 0 bridgehead atoms. The quantitative estimate of drug-likeness (QED) is 0.556. The van der Waals surface area contributed by atoms with Crippen LogP contribution in [-0.2, 0) is 4.74 Å². The zero-order valence-electron chi connectivity index (χ0n) is 14.1. The Bertz CT molecular complexity index is 765. The van der Waals surface area contributed by atoms with Crippen LogP contribution < -0.4 is 9.64 Å². The Morgan fingerprint density at radius 3 is 2.56 bits per heavy atom. The largest absolute Gasteiger partial charge is 0.496 e. The number of anilines is 1. The monoisotopic (exact) mass is 401 g/mol. The molecule has 1 heterocycles. The smallest absolute Gasteiger partial charge is 0.185 e. The highest BCUT2D eigenvalue weighted by Gasteiger charge is 2.11. The molecule has 1 saturated heterocycles. The molecular weight excluding hydrogens is 382 g/mol. The maximum absolute atomic E-state index is 12.4. The Kier molecular flexibility index (Phi) is 5.89. The fraction of sp³-hybridized carbons (Fsp3) is 0.250. The molecule has 0 N–H and O–H groups in total. The first-order valence-electron chi connectivity index (χ1n) is 8.16.